The molecule has 1 aliphatic heterocycles. The highest BCUT2D eigenvalue weighted by Gasteiger charge is 2.30. The van der Waals surface area contributed by atoms with Crippen LogP contribution in [-0.4, -0.2) is 25.2 Å². The Morgan fingerprint density at radius 2 is 1.90 bits per heavy atom. The lowest BCUT2D eigenvalue weighted by Gasteiger charge is -2.44. The SMILES string of the molecule is CCC1CN(c2ccccc2C(C)C)C(C(C)C)CN1. The molecule has 0 radical (unpaired) electrons. The molecule has 2 atom stereocenters. The monoisotopic (exact) mass is 274 g/mol. The fourth-order valence-corrected chi connectivity index (χ4v) is 3.22. The van der Waals surface area contributed by atoms with Crippen molar-refractivity contribution in [2.75, 3.05) is 18.0 Å². The fourth-order valence-electron chi connectivity index (χ4n) is 3.22. The maximum Gasteiger partial charge on any atom is 0.0438 e. The van der Waals surface area contributed by atoms with E-state index in [9.17, 15) is 0 Å². The molecule has 2 nitrogen and oxygen atoms in total. The van der Waals surface area contributed by atoms with Crippen LogP contribution < -0.4 is 10.2 Å². The summed E-state index contributed by atoms with van der Waals surface area (Å²) in [5.74, 6) is 1.24. The van der Waals surface area contributed by atoms with Crippen LogP contribution in [-0.2, 0) is 0 Å². The molecule has 0 amide bonds. The first-order valence-electron chi connectivity index (χ1n) is 8.13. The van der Waals surface area contributed by atoms with Crippen LogP contribution in [0, 0.1) is 5.92 Å². The summed E-state index contributed by atoms with van der Waals surface area (Å²) in [6.45, 7) is 13.8. The molecule has 1 heterocycles. The second-order valence-electron chi connectivity index (χ2n) is 6.69. The Balaban J connectivity index is 2.35. The van der Waals surface area contributed by atoms with Gasteiger partial charge in [0.2, 0.25) is 0 Å². The molecule has 0 aliphatic carbocycles. The van der Waals surface area contributed by atoms with Crippen molar-refractivity contribution in [1.29, 1.82) is 0 Å². The average Bonchev–Trinajstić information content (AvgIpc) is 2.46. The second-order valence-corrected chi connectivity index (χ2v) is 6.69. The number of para-hydroxylation sites is 1. The standard InChI is InChI=1S/C18H30N2/c1-6-15-12-20(18(11-19-15)14(4)5)17-10-8-7-9-16(17)13(2)3/h7-10,13-15,18-19H,6,11-12H2,1-5H3. The third-order valence-electron chi connectivity index (χ3n) is 4.56. The number of rotatable bonds is 4. The van der Waals surface area contributed by atoms with Crippen molar-refractivity contribution in [2.45, 2.75) is 59.0 Å². The molecule has 1 aromatic rings. The van der Waals surface area contributed by atoms with Crippen LogP contribution in [0.2, 0.25) is 0 Å². The van der Waals surface area contributed by atoms with Crippen molar-refractivity contribution in [2.24, 2.45) is 5.92 Å². The Hall–Kier alpha value is -1.02. The van der Waals surface area contributed by atoms with Crippen molar-refractivity contribution in [1.82, 2.24) is 5.32 Å². The zero-order valence-electron chi connectivity index (χ0n) is 13.7. The van der Waals surface area contributed by atoms with E-state index in [4.69, 9.17) is 0 Å². The molecule has 2 unspecified atom stereocenters. The van der Waals surface area contributed by atoms with Crippen LogP contribution in [0.4, 0.5) is 5.69 Å². The molecule has 112 valence electrons. The maximum atomic E-state index is 3.71. The van der Waals surface area contributed by atoms with Crippen molar-refractivity contribution >= 4 is 5.69 Å². The predicted molar refractivity (Wildman–Crippen MR) is 88.6 cm³/mol. The van der Waals surface area contributed by atoms with E-state index in [0.29, 0.717) is 23.9 Å². The largest absolute Gasteiger partial charge is 0.365 e. The molecular formula is C18H30N2. The molecule has 1 aliphatic rings. The van der Waals surface area contributed by atoms with Gasteiger partial charge in [0, 0.05) is 30.9 Å². The highest BCUT2D eigenvalue weighted by atomic mass is 15.2. The first-order valence-corrected chi connectivity index (χ1v) is 8.13. The topological polar surface area (TPSA) is 15.3 Å². The zero-order chi connectivity index (χ0) is 14.7. The first kappa shape index (κ1) is 15.4. The van der Waals surface area contributed by atoms with Crippen LogP contribution in [0.1, 0.15) is 52.5 Å². The van der Waals surface area contributed by atoms with Crippen molar-refractivity contribution < 1.29 is 0 Å². The summed E-state index contributed by atoms with van der Waals surface area (Å²) in [6.07, 6.45) is 1.20. The lowest BCUT2D eigenvalue weighted by atomic mass is 9.93. The highest BCUT2D eigenvalue weighted by molar-refractivity contribution is 5.56. The Morgan fingerprint density at radius 3 is 2.50 bits per heavy atom. The number of hydrogen-bond donors (Lipinski definition) is 1. The maximum absolute atomic E-state index is 3.71. The highest BCUT2D eigenvalue weighted by Crippen LogP contribution is 2.31. The summed E-state index contributed by atoms with van der Waals surface area (Å²) in [7, 11) is 0. The van der Waals surface area contributed by atoms with Gasteiger partial charge in [-0.05, 0) is 29.9 Å². The number of benzene rings is 1. The van der Waals surface area contributed by atoms with Gasteiger partial charge < -0.3 is 10.2 Å². The minimum atomic E-state index is 0.578. The summed E-state index contributed by atoms with van der Waals surface area (Å²) in [5, 5.41) is 3.71. The molecule has 1 N–H and O–H groups in total. The van der Waals surface area contributed by atoms with E-state index in [1.54, 1.807) is 0 Å². The van der Waals surface area contributed by atoms with Crippen LogP contribution in [0.3, 0.4) is 0 Å². The second kappa shape index (κ2) is 6.62. The Bertz CT molecular complexity index is 425. The summed E-state index contributed by atoms with van der Waals surface area (Å²) >= 11 is 0. The average molecular weight is 274 g/mol. The number of nitrogens with one attached hydrogen (secondary N) is 1. The summed E-state index contributed by atoms with van der Waals surface area (Å²) in [5.41, 5.74) is 2.93. The minimum absolute atomic E-state index is 0.578. The van der Waals surface area contributed by atoms with E-state index < -0.39 is 0 Å². The first-order chi connectivity index (χ1) is 9.54. The van der Waals surface area contributed by atoms with Gasteiger partial charge in [-0.3, -0.25) is 0 Å². The van der Waals surface area contributed by atoms with Crippen LogP contribution in [0.25, 0.3) is 0 Å². The number of hydrogen-bond acceptors (Lipinski definition) is 2. The van der Waals surface area contributed by atoms with Crippen LogP contribution in [0.5, 0.6) is 0 Å². The lowest BCUT2D eigenvalue weighted by molar-refractivity contribution is 0.333. The Labute approximate surface area is 124 Å². The number of anilines is 1. The van der Waals surface area contributed by atoms with Gasteiger partial charge in [0.1, 0.15) is 0 Å². The van der Waals surface area contributed by atoms with E-state index in [1.165, 1.54) is 17.7 Å². The van der Waals surface area contributed by atoms with Crippen molar-refractivity contribution in [3.05, 3.63) is 29.8 Å². The minimum Gasteiger partial charge on any atom is -0.365 e. The van der Waals surface area contributed by atoms with Gasteiger partial charge in [0.05, 0.1) is 0 Å². The fraction of sp³-hybridized carbons (Fsp3) is 0.667. The van der Waals surface area contributed by atoms with E-state index >= 15 is 0 Å². The van der Waals surface area contributed by atoms with Gasteiger partial charge in [-0.25, -0.2) is 0 Å². The summed E-state index contributed by atoms with van der Waals surface area (Å²) in [4.78, 5) is 2.66. The van der Waals surface area contributed by atoms with Crippen molar-refractivity contribution in [3.63, 3.8) is 0 Å². The van der Waals surface area contributed by atoms with Crippen LogP contribution in [0.15, 0.2) is 24.3 Å². The molecule has 2 rings (SSSR count). The zero-order valence-corrected chi connectivity index (χ0v) is 13.7. The van der Waals surface area contributed by atoms with Crippen molar-refractivity contribution in [3.8, 4) is 0 Å². The van der Waals surface area contributed by atoms with Gasteiger partial charge >= 0.3 is 0 Å². The Morgan fingerprint density at radius 1 is 1.20 bits per heavy atom. The molecule has 0 aromatic heterocycles. The molecule has 1 fully saturated rings. The molecule has 1 saturated heterocycles. The molecule has 20 heavy (non-hydrogen) atoms. The third-order valence-corrected chi connectivity index (χ3v) is 4.56. The van der Waals surface area contributed by atoms with E-state index in [1.807, 2.05) is 0 Å². The normalized spacial score (nSPS) is 23.6. The third kappa shape index (κ3) is 3.17. The Kier molecular flexibility index (Phi) is 5.09. The smallest absolute Gasteiger partial charge is 0.0438 e. The molecule has 2 heteroatoms. The number of nitrogens with zero attached hydrogens (tertiary/aromatic N) is 1. The predicted octanol–water partition coefficient (Wildman–Crippen LogP) is 4.02. The summed E-state index contributed by atoms with van der Waals surface area (Å²) < 4.78 is 0. The molecule has 1 aromatic carbocycles. The van der Waals surface area contributed by atoms with Gasteiger partial charge in [-0.1, -0.05) is 52.8 Å². The van der Waals surface area contributed by atoms with Gasteiger partial charge in [0.25, 0.3) is 0 Å². The number of piperazine rings is 1. The molecular weight excluding hydrogens is 244 g/mol. The van der Waals surface area contributed by atoms with E-state index in [-0.39, 0.29) is 0 Å². The van der Waals surface area contributed by atoms with E-state index in [0.717, 1.165) is 13.1 Å². The quantitative estimate of drug-likeness (QED) is 0.892. The van der Waals surface area contributed by atoms with Gasteiger partial charge in [-0.15, -0.1) is 0 Å². The molecule has 0 bridgehead atoms. The van der Waals surface area contributed by atoms with Gasteiger partial charge in [-0.2, -0.15) is 0 Å². The van der Waals surface area contributed by atoms with E-state index in [2.05, 4.69) is 69.1 Å². The van der Waals surface area contributed by atoms with Gasteiger partial charge in [0.15, 0.2) is 0 Å². The molecule has 0 spiro atoms. The molecule has 0 saturated carbocycles. The van der Waals surface area contributed by atoms with Crippen LogP contribution >= 0.6 is 0 Å². The summed E-state index contributed by atoms with van der Waals surface area (Å²) in [6, 6.07) is 10.2. The lowest BCUT2D eigenvalue weighted by Crippen LogP contribution is -2.58.